The van der Waals surface area contributed by atoms with E-state index in [-0.39, 0.29) is 23.1 Å². The van der Waals surface area contributed by atoms with Gasteiger partial charge < -0.3 is 5.11 Å². The van der Waals surface area contributed by atoms with Gasteiger partial charge in [-0.2, -0.15) is 5.10 Å². The van der Waals surface area contributed by atoms with Gasteiger partial charge >= 0.3 is 5.97 Å². The van der Waals surface area contributed by atoms with E-state index in [2.05, 4.69) is 41.2 Å². The van der Waals surface area contributed by atoms with Crippen LogP contribution in [0.2, 0.25) is 0 Å². The van der Waals surface area contributed by atoms with E-state index < -0.39 is 5.97 Å². The van der Waals surface area contributed by atoms with Gasteiger partial charge in [0, 0.05) is 30.4 Å². The Morgan fingerprint density at radius 1 is 1.15 bits per heavy atom. The van der Waals surface area contributed by atoms with Crippen LogP contribution < -0.4 is 0 Å². The van der Waals surface area contributed by atoms with Crippen molar-refractivity contribution in [3.8, 4) is 5.69 Å². The first-order valence-electron chi connectivity index (χ1n) is 11.2. The number of fused-ring (bicyclic) bond motifs is 2. The fourth-order valence-corrected chi connectivity index (χ4v) is 5.99. The van der Waals surface area contributed by atoms with Gasteiger partial charge in [-0.25, -0.2) is 9.07 Å². The largest absolute Gasteiger partial charge is 0.481 e. The molecule has 166 valence electrons. The van der Waals surface area contributed by atoms with Crippen molar-refractivity contribution in [1.82, 2.24) is 14.7 Å². The normalized spacial score (nSPS) is 24.2. The van der Waals surface area contributed by atoms with E-state index in [9.17, 15) is 14.3 Å². The molecule has 1 saturated carbocycles. The first-order chi connectivity index (χ1) is 16.0. The van der Waals surface area contributed by atoms with Crippen molar-refractivity contribution >= 4 is 16.9 Å². The molecule has 1 N–H and O–H groups in total. The third-order valence-electron chi connectivity index (χ3n) is 7.45. The number of aliphatic carboxylic acids is 1. The van der Waals surface area contributed by atoms with Gasteiger partial charge in [-0.3, -0.25) is 9.69 Å². The minimum absolute atomic E-state index is 0.113. The van der Waals surface area contributed by atoms with Crippen LogP contribution in [0, 0.1) is 24.6 Å². The summed E-state index contributed by atoms with van der Waals surface area (Å²) in [6.45, 7) is 4.41. The maximum Gasteiger partial charge on any atom is 0.307 e. The molecule has 1 aliphatic carbocycles. The number of piperidine rings is 1. The van der Waals surface area contributed by atoms with Gasteiger partial charge in [0.15, 0.2) is 0 Å². The SMILES string of the molecule is Cc1cc2c(cnn2-c2ccc(F)cc2)cc1[C@@]12CN(Cc3ccccc3)C[C@@H]1[C@H]2C(=O)O. The second kappa shape index (κ2) is 7.25. The number of aryl methyl sites for hydroxylation is 1. The van der Waals surface area contributed by atoms with Crippen LogP contribution in [0.25, 0.3) is 16.6 Å². The lowest BCUT2D eigenvalue weighted by atomic mass is 9.88. The average molecular weight is 442 g/mol. The third kappa shape index (κ3) is 3.09. The molecule has 2 aliphatic rings. The Kier molecular flexibility index (Phi) is 4.42. The fraction of sp³-hybridized carbons (Fsp3) is 0.259. The van der Waals surface area contributed by atoms with Crippen molar-refractivity contribution in [2.75, 3.05) is 13.1 Å². The van der Waals surface area contributed by atoms with Crippen LogP contribution in [0.1, 0.15) is 16.7 Å². The molecule has 0 spiro atoms. The zero-order valence-electron chi connectivity index (χ0n) is 18.3. The van der Waals surface area contributed by atoms with Crippen molar-refractivity contribution in [2.24, 2.45) is 11.8 Å². The molecule has 2 heterocycles. The Balaban J connectivity index is 1.37. The lowest BCUT2D eigenvalue weighted by Crippen LogP contribution is -2.31. The molecule has 0 radical (unpaired) electrons. The predicted octanol–water partition coefficient (Wildman–Crippen LogP) is 4.56. The van der Waals surface area contributed by atoms with E-state index in [0.717, 1.165) is 47.4 Å². The monoisotopic (exact) mass is 441 g/mol. The topological polar surface area (TPSA) is 58.4 Å². The number of likely N-dealkylation sites (tertiary alicyclic amines) is 1. The van der Waals surface area contributed by atoms with Crippen molar-refractivity contribution in [2.45, 2.75) is 18.9 Å². The summed E-state index contributed by atoms with van der Waals surface area (Å²) in [6.07, 6.45) is 1.81. The maximum absolute atomic E-state index is 13.4. The number of carboxylic acids is 1. The van der Waals surface area contributed by atoms with E-state index in [1.807, 2.05) is 24.4 Å². The van der Waals surface area contributed by atoms with Crippen LogP contribution in [0.5, 0.6) is 0 Å². The van der Waals surface area contributed by atoms with E-state index in [0.29, 0.717) is 0 Å². The van der Waals surface area contributed by atoms with Gasteiger partial charge in [-0.1, -0.05) is 30.3 Å². The number of carboxylic acid groups (broad SMARTS) is 1. The summed E-state index contributed by atoms with van der Waals surface area (Å²) in [5.74, 6) is -1.23. The average Bonchev–Trinajstić information content (AvgIpc) is 3.06. The molecule has 33 heavy (non-hydrogen) atoms. The first-order valence-corrected chi connectivity index (χ1v) is 11.2. The number of hydrogen-bond donors (Lipinski definition) is 1. The Labute approximate surface area is 191 Å². The molecule has 3 atom stereocenters. The molecule has 5 nitrogen and oxygen atoms in total. The third-order valence-corrected chi connectivity index (χ3v) is 7.45. The van der Waals surface area contributed by atoms with Gasteiger partial charge in [0.1, 0.15) is 5.82 Å². The van der Waals surface area contributed by atoms with Crippen LogP contribution in [0.4, 0.5) is 4.39 Å². The molecular weight excluding hydrogens is 417 g/mol. The zero-order valence-corrected chi connectivity index (χ0v) is 18.3. The number of nitrogens with zero attached hydrogens (tertiary/aromatic N) is 3. The van der Waals surface area contributed by atoms with Crippen molar-refractivity contribution in [3.63, 3.8) is 0 Å². The second-order valence-electron chi connectivity index (χ2n) is 9.38. The Bertz CT molecular complexity index is 1370. The highest BCUT2D eigenvalue weighted by Gasteiger charge is 2.73. The number of rotatable bonds is 5. The Morgan fingerprint density at radius 3 is 2.64 bits per heavy atom. The lowest BCUT2D eigenvalue weighted by molar-refractivity contribution is -0.139. The molecule has 6 heteroatoms. The highest BCUT2D eigenvalue weighted by atomic mass is 19.1. The summed E-state index contributed by atoms with van der Waals surface area (Å²) in [5, 5.41) is 15.5. The molecular formula is C27H24FN3O2. The summed E-state index contributed by atoms with van der Waals surface area (Å²) in [7, 11) is 0. The van der Waals surface area contributed by atoms with Crippen LogP contribution in [-0.2, 0) is 16.8 Å². The molecule has 0 amide bonds. The molecule has 1 saturated heterocycles. The molecule has 0 unspecified atom stereocenters. The highest BCUT2D eigenvalue weighted by molar-refractivity contribution is 5.85. The summed E-state index contributed by atoms with van der Waals surface area (Å²) in [6, 6.07) is 20.8. The Hall–Kier alpha value is -3.51. The molecule has 3 aromatic carbocycles. The summed E-state index contributed by atoms with van der Waals surface area (Å²) in [4.78, 5) is 14.5. The van der Waals surface area contributed by atoms with E-state index in [1.165, 1.54) is 17.7 Å². The fourth-order valence-electron chi connectivity index (χ4n) is 5.99. The number of hydrogen-bond acceptors (Lipinski definition) is 3. The van der Waals surface area contributed by atoms with Gasteiger partial charge in [0.05, 0.1) is 23.3 Å². The quantitative estimate of drug-likeness (QED) is 0.493. The van der Waals surface area contributed by atoms with Crippen molar-refractivity contribution < 1.29 is 14.3 Å². The maximum atomic E-state index is 13.4. The first kappa shape index (κ1) is 20.1. The molecule has 1 aliphatic heterocycles. The van der Waals surface area contributed by atoms with Gasteiger partial charge in [0.25, 0.3) is 0 Å². The van der Waals surface area contributed by atoms with Crippen molar-refractivity contribution in [3.05, 3.63) is 95.4 Å². The molecule has 1 aromatic heterocycles. The molecule has 4 aromatic rings. The van der Waals surface area contributed by atoms with Gasteiger partial charge in [-0.15, -0.1) is 0 Å². The number of aromatic nitrogens is 2. The standard InChI is InChI=1S/C27H24FN3O2/c1-17-11-24-19(13-29-31(24)21-9-7-20(28)8-10-21)12-22(17)27-16-30(14-18-5-3-2-4-6-18)15-23(27)25(27)26(32)33/h2-13,23,25H,14-16H2,1H3,(H,32,33)/t23-,25+,27+/m1/s1. The number of halogens is 1. The van der Waals surface area contributed by atoms with Crippen LogP contribution in [-0.4, -0.2) is 38.8 Å². The lowest BCUT2D eigenvalue weighted by Gasteiger charge is -2.24. The number of carbonyl (C=O) groups is 1. The van der Waals surface area contributed by atoms with E-state index in [4.69, 9.17) is 0 Å². The van der Waals surface area contributed by atoms with Crippen molar-refractivity contribution in [1.29, 1.82) is 0 Å². The van der Waals surface area contributed by atoms with Gasteiger partial charge in [-0.05, 0) is 65.9 Å². The minimum Gasteiger partial charge on any atom is -0.481 e. The predicted molar refractivity (Wildman–Crippen MR) is 124 cm³/mol. The van der Waals surface area contributed by atoms with Crippen LogP contribution >= 0.6 is 0 Å². The summed E-state index contributed by atoms with van der Waals surface area (Å²) >= 11 is 0. The summed E-state index contributed by atoms with van der Waals surface area (Å²) in [5.41, 5.74) is 4.79. The molecule has 2 fully saturated rings. The van der Waals surface area contributed by atoms with Crippen LogP contribution in [0.3, 0.4) is 0 Å². The highest BCUT2D eigenvalue weighted by Crippen LogP contribution is 2.65. The van der Waals surface area contributed by atoms with E-state index >= 15 is 0 Å². The molecule has 6 rings (SSSR count). The Morgan fingerprint density at radius 2 is 1.91 bits per heavy atom. The van der Waals surface area contributed by atoms with Gasteiger partial charge in [0.2, 0.25) is 0 Å². The van der Waals surface area contributed by atoms with Crippen LogP contribution in [0.15, 0.2) is 72.9 Å². The minimum atomic E-state index is -0.708. The van der Waals surface area contributed by atoms with E-state index in [1.54, 1.807) is 16.8 Å². The second-order valence-corrected chi connectivity index (χ2v) is 9.38. The number of benzene rings is 3. The smallest absolute Gasteiger partial charge is 0.307 e. The molecule has 0 bridgehead atoms. The summed E-state index contributed by atoms with van der Waals surface area (Å²) < 4.78 is 15.2. The zero-order chi connectivity index (χ0) is 22.7.